The van der Waals surface area contributed by atoms with Crippen LogP contribution in [0.15, 0.2) is 0 Å². The molecule has 0 radical (unpaired) electrons. The van der Waals surface area contributed by atoms with Crippen molar-refractivity contribution in [3.63, 3.8) is 0 Å². The predicted octanol–water partition coefficient (Wildman–Crippen LogP) is 1.68. The summed E-state index contributed by atoms with van der Waals surface area (Å²) in [5, 5.41) is 0. The van der Waals surface area contributed by atoms with Crippen molar-refractivity contribution in [3.05, 3.63) is 0 Å². The van der Waals surface area contributed by atoms with E-state index >= 15 is 0 Å². The summed E-state index contributed by atoms with van der Waals surface area (Å²) in [6.45, 7) is 4.13. The average Bonchev–Trinajstić information content (AvgIpc) is 1.97. The maximum Gasteiger partial charge on any atom is 0.231 e. The standard InChI is InChI=1S/C7H17NO2S/c1-3-5-6-7(4-2)8-11(9)10/h7-8H,3-6H2,1-2H3,(H,9,10). The second-order valence-electron chi connectivity index (χ2n) is 2.61. The third-order valence-electron chi connectivity index (χ3n) is 1.67. The van der Waals surface area contributed by atoms with Gasteiger partial charge in [-0.2, -0.15) is 0 Å². The Bertz CT molecular complexity index is 119. The zero-order valence-corrected chi connectivity index (χ0v) is 7.99. The second-order valence-corrected chi connectivity index (χ2v) is 3.35. The maximum absolute atomic E-state index is 10.3. The molecule has 2 unspecified atom stereocenters. The van der Waals surface area contributed by atoms with E-state index in [0.717, 1.165) is 25.7 Å². The van der Waals surface area contributed by atoms with Crippen LogP contribution in [-0.2, 0) is 11.3 Å². The molecular formula is C7H17NO2S. The van der Waals surface area contributed by atoms with Gasteiger partial charge in [-0.3, -0.25) is 4.55 Å². The third-order valence-corrected chi connectivity index (χ3v) is 2.20. The molecule has 0 saturated heterocycles. The number of nitrogens with one attached hydrogen (secondary N) is 1. The molecule has 0 amide bonds. The molecule has 0 saturated carbocycles. The van der Waals surface area contributed by atoms with Crippen LogP contribution in [0.25, 0.3) is 0 Å². The molecule has 0 aliphatic heterocycles. The van der Waals surface area contributed by atoms with E-state index in [1.54, 1.807) is 0 Å². The molecule has 11 heavy (non-hydrogen) atoms. The highest BCUT2D eigenvalue weighted by Gasteiger charge is 2.06. The summed E-state index contributed by atoms with van der Waals surface area (Å²) in [4.78, 5) is 0. The van der Waals surface area contributed by atoms with Gasteiger partial charge in [0, 0.05) is 6.04 Å². The van der Waals surface area contributed by atoms with Crippen molar-refractivity contribution in [2.24, 2.45) is 0 Å². The largest absolute Gasteiger partial charge is 0.294 e. The van der Waals surface area contributed by atoms with Gasteiger partial charge in [0.1, 0.15) is 0 Å². The molecule has 0 bridgehead atoms. The Balaban J connectivity index is 3.49. The lowest BCUT2D eigenvalue weighted by atomic mass is 10.1. The van der Waals surface area contributed by atoms with Crippen LogP contribution in [0.4, 0.5) is 0 Å². The Morgan fingerprint density at radius 1 is 1.55 bits per heavy atom. The van der Waals surface area contributed by atoms with Gasteiger partial charge in [0.15, 0.2) is 0 Å². The van der Waals surface area contributed by atoms with Crippen LogP contribution in [-0.4, -0.2) is 14.8 Å². The lowest BCUT2D eigenvalue weighted by molar-refractivity contribution is 0.487. The minimum atomic E-state index is -1.85. The van der Waals surface area contributed by atoms with Crippen LogP contribution < -0.4 is 4.72 Å². The van der Waals surface area contributed by atoms with E-state index in [1.807, 2.05) is 6.92 Å². The molecule has 0 aromatic rings. The predicted molar refractivity (Wildman–Crippen MR) is 47.5 cm³/mol. The maximum atomic E-state index is 10.3. The summed E-state index contributed by atoms with van der Waals surface area (Å²) in [6, 6.07) is 0.195. The van der Waals surface area contributed by atoms with Gasteiger partial charge in [0.25, 0.3) is 0 Å². The third kappa shape index (κ3) is 6.47. The number of hydrogen-bond donors (Lipinski definition) is 2. The fraction of sp³-hybridized carbons (Fsp3) is 1.00. The van der Waals surface area contributed by atoms with Crippen LogP contribution in [0.3, 0.4) is 0 Å². The molecule has 0 aliphatic carbocycles. The highest BCUT2D eigenvalue weighted by atomic mass is 32.2. The van der Waals surface area contributed by atoms with Gasteiger partial charge in [0.2, 0.25) is 11.3 Å². The van der Waals surface area contributed by atoms with Gasteiger partial charge < -0.3 is 0 Å². The van der Waals surface area contributed by atoms with Crippen molar-refractivity contribution in [1.29, 1.82) is 0 Å². The van der Waals surface area contributed by atoms with Crippen LogP contribution in [0.5, 0.6) is 0 Å². The summed E-state index contributed by atoms with van der Waals surface area (Å²) in [6.07, 6.45) is 4.14. The smallest absolute Gasteiger partial charge is 0.231 e. The summed E-state index contributed by atoms with van der Waals surface area (Å²) < 4.78 is 21.4. The molecule has 0 rings (SSSR count). The highest BCUT2D eigenvalue weighted by Crippen LogP contribution is 2.03. The molecule has 2 N–H and O–H groups in total. The lowest BCUT2D eigenvalue weighted by Crippen LogP contribution is -2.29. The van der Waals surface area contributed by atoms with Gasteiger partial charge in [0.05, 0.1) is 0 Å². The first-order valence-corrected chi connectivity index (χ1v) is 5.18. The SMILES string of the molecule is CCCCC(CC)NS(=O)O. The average molecular weight is 179 g/mol. The number of unbranched alkanes of at least 4 members (excludes halogenated alkanes) is 1. The van der Waals surface area contributed by atoms with E-state index in [4.69, 9.17) is 4.55 Å². The molecular weight excluding hydrogens is 162 g/mol. The van der Waals surface area contributed by atoms with Crippen LogP contribution in [0.1, 0.15) is 39.5 Å². The summed E-state index contributed by atoms with van der Waals surface area (Å²) in [7, 11) is 0. The van der Waals surface area contributed by atoms with Gasteiger partial charge >= 0.3 is 0 Å². The quantitative estimate of drug-likeness (QED) is 0.609. The van der Waals surface area contributed by atoms with E-state index < -0.39 is 11.3 Å². The second kappa shape index (κ2) is 6.76. The zero-order chi connectivity index (χ0) is 8.69. The molecule has 68 valence electrons. The topological polar surface area (TPSA) is 49.3 Å². The molecule has 2 atom stereocenters. The van der Waals surface area contributed by atoms with E-state index in [1.165, 1.54) is 0 Å². The normalized spacial score (nSPS) is 16.3. The minimum Gasteiger partial charge on any atom is -0.294 e. The van der Waals surface area contributed by atoms with Gasteiger partial charge in [-0.05, 0) is 12.8 Å². The summed E-state index contributed by atoms with van der Waals surface area (Å²) >= 11 is -1.85. The van der Waals surface area contributed by atoms with Crippen LogP contribution in [0, 0.1) is 0 Å². The molecule has 0 heterocycles. The highest BCUT2D eigenvalue weighted by molar-refractivity contribution is 7.77. The molecule has 0 spiro atoms. The van der Waals surface area contributed by atoms with Crippen LogP contribution in [0.2, 0.25) is 0 Å². The first-order chi connectivity index (χ1) is 5.20. The minimum absolute atomic E-state index is 0.195. The van der Waals surface area contributed by atoms with Gasteiger partial charge in [-0.1, -0.05) is 26.7 Å². The lowest BCUT2D eigenvalue weighted by Gasteiger charge is -2.12. The Hall–Kier alpha value is 0.0700. The Kier molecular flexibility index (Phi) is 6.80. The van der Waals surface area contributed by atoms with Crippen molar-refractivity contribution in [1.82, 2.24) is 4.72 Å². The van der Waals surface area contributed by atoms with E-state index in [2.05, 4.69) is 11.6 Å². The molecule has 0 fully saturated rings. The van der Waals surface area contributed by atoms with E-state index in [9.17, 15) is 4.21 Å². The fourth-order valence-electron chi connectivity index (χ4n) is 0.939. The van der Waals surface area contributed by atoms with Crippen molar-refractivity contribution >= 4 is 11.3 Å². The van der Waals surface area contributed by atoms with Gasteiger partial charge in [-0.15, -0.1) is 0 Å². The summed E-state index contributed by atoms with van der Waals surface area (Å²) in [5.41, 5.74) is 0. The summed E-state index contributed by atoms with van der Waals surface area (Å²) in [5.74, 6) is 0. The first kappa shape index (κ1) is 11.1. The Morgan fingerprint density at radius 3 is 2.55 bits per heavy atom. The zero-order valence-electron chi connectivity index (χ0n) is 7.17. The monoisotopic (exact) mass is 179 g/mol. The van der Waals surface area contributed by atoms with Crippen molar-refractivity contribution in [2.45, 2.75) is 45.6 Å². The van der Waals surface area contributed by atoms with E-state index in [-0.39, 0.29) is 6.04 Å². The fourth-order valence-corrected chi connectivity index (χ4v) is 1.51. The number of hydrogen-bond acceptors (Lipinski definition) is 1. The van der Waals surface area contributed by atoms with Crippen molar-refractivity contribution < 1.29 is 8.76 Å². The molecule has 4 heteroatoms. The molecule has 0 aliphatic rings. The number of rotatable bonds is 6. The molecule has 0 aromatic carbocycles. The molecule has 0 aromatic heterocycles. The molecule has 3 nitrogen and oxygen atoms in total. The first-order valence-electron chi connectivity index (χ1n) is 4.07. The van der Waals surface area contributed by atoms with E-state index in [0.29, 0.717) is 0 Å². The van der Waals surface area contributed by atoms with Crippen molar-refractivity contribution in [3.8, 4) is 0 Å². The Morgan fingerprint density at radius 2 is 2.18 bits per heavy atom. The Labute approximate surface area is 71.0 Å². The van der Waals surface area contributed by atoms with Crippen molar-refractivity contribution in [2.75, 3.05) is 0 Å². The van der Waals surface area contributed by atoms with Crippen LogP contribution >= 0.6 is 0 Å². The van der Waals surface area contributed by atoms with Gasteiger partial charge in [-0.25, -0.2) is 8.93 Å².